The molecule has 1 N–H and O–H groups in total. The lowest BCUT2D eigenvalue weighted by Crippen LogP contribution is -3.10. The highest BCUT2D eigenvalue weighted by Crippen LogP contribution is 2.55. The van der Waals surface area contributed by atoms with Gasteiger partial charge >= 0.3 is 5.97 Å². The number of carbonyl (C=O) groups is 1. The molecule has 27 heavy (non-hydrogen) atoms. The summed E-state index contributed by atoms with van der Waals surface area (Å²) in [4.78, 5) is 12.9. The Hall–Kier alpha value is -0.610. The Bertz CT molecular complexity index is 516. The molecule has 0 aromatic heterocycles. The van der Waals surface area contributed by atoms with Crippen molar-refractivity contribution >= 4 is 5.97 Å². The number of esters is 1. The molecule has 6 unspecified atom stereocenters. The van der Waals surface area contributed by atoms with Gasteiger partial charge < -0.3 is 15.0 Å². The molecule has 4 nitrogen and oxygen atoms in total. The van der Waals surface area contributed by atoms with Gasteiger partial charge in [0.2, 0.25) is 0 Å². The third kappa shape index (κ3) is 4.07. The summed E-state index contributed by atoms with van der Waals surface area (Å²) >= 11 is 0. The molecule has 154 valence electrons. The maximum absolute atomic E-state index is 12.9. The Balaban J connectivity index is 1.53. The number of hydrogen-bond donors (Lipinski definition) is 1. The fourth-order valence-corrected chi connectivity index (χ4v) is 7.29. The van der Waals surface area contributed by atoms with Gasteiger partial charge in [-0.15, -0.1) is 0 Å². The van der Waals surface area contributed by atoms with Crippen LogP contribution >= 0.6 is 0 Å². The lowest BCUT2D eigenvalue weighted by atomic mass is 9.54. The van der Waals surface area contributed by atoms with E-state index in [1.54, 1.807) is 0 Å². The van der Waals surface area contributed by atoms with E-state index in [9.17, 15) is 10.0 Å². The van der Waals surface area contributed by atoms with Crippen molar-refractivity contribution in [3.8, 4) is 0 Å². The topological polar surface area (TPSA) is 53.8 Å². The fourth-order valence-electron chi connectivity index (χ4n) is 7.29. The van der Waals surface area contributed by atoms with Crippen molar-refractivity contribution in [2.45, 2.75) is 108 Å². The lowest BCUT2D eigenvalue weighted by molar-refractivity contribution is -0.866. The van der Waals surface area contributed by atoms with Gasteiger partial charge in [0.25, 0.3) is 0 Å². The van der Waals surface area contributed by atoms with Crippen LogP contribution < -0.4 is 5.06 Å². The number of quaternary nitrogens is 1. The Morgan fingerprint density at radius 2 is 1.52 bits per heavy atom. The zero-order valence-electron chi connectivity index (χ0n) is 17.2. The van der Waals surface area contributed by atoms with Gasteiger partial charge in [0.05, 0.1) is 19.0 Å². The summed E-state index contributed by atoms with van der Waals surface area (Å²) in [6.45, 7) is 0. The summed E-state index contributed by atoms with van der Waals surface area (Å²) in [5, 5.41) is 12.9. The first-order valence-electron chi connectivity index (χ1n) is 11.8. The molecule has 4 rings (SSSR count). The summed E-state index contributed by atoms with van der Waals surface area (Å²) in [5.74, 6) is 1.30. The normalized spacial score (nSPS) is 41.7. The van der Waals surface area contributed by atoms with E-state index in [0.717, 1.165) is 38.5 Å². The molecule has 4 aliphatic rings. The fraction of sp³-hybridized carbons (Fsp3) is 0.957. The van der Waals surface area contributed by atoms with E-state index >= 15 is 0 Å². The van der Waals surface area contributed by atoms with Crippen LogP contribution in [0.4, 0.5) is 0 Å². The summed E-state index contributed by atoms with van der Waals surface area (Å²) in [6, 6.07) is 0.270. The van der Waals surface area contributed by atoms with Gasteiger partial charge in [-0.05, 0) is 51.4 Å². The second-order valence-electron chi connectivity index (χ2n) is 10.2. The van der Waals surface area contributed by atoms with Crippen molar-refractivity contribution in [3.63, 3.8) is 0 Å². The van der Waals surface area contributed by atoms with E-state index in [-0.39, 0.29) is 29.4 Å². The molecule has 0 heterocycles. The molecule has 0 aromatic rings. The van der Waals surface area contributed by atoms with Gasteiger partial charge in [-0.1, -0.05) is 44.9 Å². The third-order valence-electron chi connectivity index (χ3n) is 8.50. The first kappa shape index (κ1) is 19.7. The Kier molecular flexibility index (Phi) is 6.13. The number of carbonyl (C=O) groups excluding carboxylic acids is 1. The molecule has 0 amide bonds. The molecular weight excluding hydrogens is 338 g/mol. The highest BCUT2D eigenvalue weighted by molar-refractivity contribution is 5.72. The molecule has 4 fully saturated rings. The molecule has 0 saturated heterocycles. The number of rotatable bonds is 3. The number of hydrogen-bond acceptors (Lipinski definition) is 3. The Labute approximate surface area is 165 Å². The number of nitrogens with one attached hydrogen (secondary N) is 1. The maximum Gasteiger partial charge on any atom is 0.309 e. The van der Waals surface area contributed by atoms with Gasteiger partial charge in [0.1, 0.15) is 6.10 Å². The molecule has 0 radical (unpaired) electrons. The van der Waals surface area contributed by atoms with Gasteiger partial charge in [-0.2, -0.15) is 0 Å². The SMILES string of the molecule is C[NH+]([O-])C1C2CCCCCCC3(C2)CC1CCC3OC(=O)C1CCCCC1. The zero-order chi connectivity index (χ0) is 18.9. The molecule has 6 atom stereocenters. The number of ether oxygens (including phenoxy) is 1. The second kappa shape index (κ2) is 8.41. The maximum atomic E-state index is 12.9. The molecule has 4 saturated carbocycles. The summed E-state index contributed by atoms with van der Waals surface area (Å²) in [5.41, 5.74) is 0.161. The van der Waals surface area contributed by atoms with Crippen LogP contribution in [0.3, 0.4) is 0 Å². The Morgan fingerprint density at radius 3 is 2.26 bits per heavy atom. The highest BCUT2D eigenvalue weighted by atomic mass is 16.5. The van der Waals surface area contributed by atoms with Crippen LogP contribution in [0.2, 0.25) is 0 Å². The van der Waals surface area contributed by atoms with Gasteiger partial charge in [-0.25, -0.2) is 0 Å². The van der Waals surface area contributed by atoms with Crippen molar-refractivity contribution in [3.05, 3.63) is 5.21 Å². The quantitative estimate of drug-likeness (QED) is 0.597. The van der Waals surface area contributed by atoms with Crippen LogP contribution in [0.5, 0.6) is 0 Å². The van der Waals surface area contributed by atoms with Gasteiger partial charge in [0, 0.05) is 17.3 Å². The Morgan fingerprint density at radius 1 is 0.889 bits per heavy atom. The van der Waals surface area contributed by atoms with E-state index in [1.807, 2.05) is 7.05 Å². The smallest absolute Gasteiger partial charge is 0.309 e. The minimum Gasteiger partial charge on any atom is -0.634 e. The second-order valence-corrected chi connectivity index (χ2v) is 10.2. The van der Waals surface area contributed by atoms with Crippen molar-refractivity contribution < 1.29 is 14.6 Å². The summed E-state index contributed by atoms with van der Waals surface area (Å²) in [6.07, 6.45) is 17.6. The molecule has 1 spiro atoms. The minimum absolute atomic E-state index is 0.0950. The van der Waals surface area contributed by atoms with Crippen LogP contribution in [-0.2, 0) is 9.53 Å². The van der Waals surface area contributed by atoms with Crippen LogP contribution in [0.1, 0.15) is 96.3 Å². The standard InChI is InChI=1S/C23H39NO3/c1-24(26)21-18-11-5-2-3-8-14-23(15-18)16-19(21)12-13-20(23)27-22(25)17-9-6-4-7-10-17/h17-21,24H,2-16H2,1H3. The predicted molar refractivity (Wildman–Crippen MR) is 106 cm³/mol. The highest BCUT2D eigenvalue weighted by Gasteiger charge is 2.55. The monoisotopic (exact) mass is 377 g/mol. The lowest BCUT2D eigenvalue weighted by Gasteiger charge is -2.56. The number of hydroxylamine groups is 2. The van der Waals surface area contributed by atoms with Crippen LogP contribution in [0.15, 0.2) is 0 Å². The van der Waals surface area contributed by atoms with Crippen LogP contribution in [0, 0.1) is 28.4 Å². The van der Waals surface area contributed by atoms with E-state index in [1.165, 1.54) is 57.8 Å². The van der Waals surface area contributed by atoms with Gasteiger partial charge in [0.15, 0.2) is 0 Å². The molecule has 0 aliphatic heterocycles. The van der Waals surface area contributed by atoms with Crippen molar-refractivity contribution in [1.29, 1.82) is 0 Å². The van der Waals surface area contributed by atoms with E-state index in [2.05, 4.69) is 0 Å². The molecule has 4 heteroatoms. The van der Waals surface area contributed by atoms with E-state index < -0.39 is 0 Å². The summed E-state index contributed by atoms with van der Waals surface area (Å²) < 4.78 is 6.30. The summed E-state index contributed by atoms with van der Waals surface area (Å²) in [7, 11) is 1.82. The number of fused-ring (bicyclic) bond motifs is 2. The van der Waals surface area contributed by atoms with Crippen molar-refractivity contribution in [2.75, 3.05) is 7.05 Å². The van der Waals surface area contributed by atoms with Crippen molar-refractivity contribution in [1.82, 2.24) is 0 Å². The molecule has 3 bridgehead atoms. The van der Waals surface area contributed by atoms with E-state index in [0.29, 0.717) is 16.9 Å². The predicted octanol–water partition coefficient (Wildman–Crippen LogP) is 4.02. The van der Waals surface area contributed by atoms with Crippen LogP contribution in [-0.4, -0.2) is 25.2 Å². The minimum atomic E-state index is 0.0950. The average Bonchev–Trinajstić information content (AvgIpc) is 2.74. The molecule has 0 aromatic carbocycles. The zero-order valence-corrected chi connectivity index (χ0v) is 17.2. The average molecular weight is 378 g/mol. The largest absolute Gasteiger partial charge is 0.634 e. The first-order valence-corrected chi connectivity index (χ1v) is 11.8. The molecular formula is C23H39NO3. The van der Waals surface area contributed by atoms with Crippen LogP contribution in [0.25, 0.3) is 0 Å². The third-order valence-corrected chi connectivity index (χ3v) is 8.50. The van der Waals surface area contributed by atoms with Gasteiger partial charge in [-0.3, -0.25) is 4.79 Å². The first-order chi connectivity index (χ1) is 13.1. The van der Waals surface area contributed by atoms with Crippen molar-refractivity contribution in [2.24, 2.45) is 23.2 Å². The molecule has 4 aliphatic carbocycles. The van der Waals surface area contributed by atoms with E-state index in [4.69, 9.17) is 4.74 Å².